The summed E-state index contributed by atoms with van der Waals surface area (Å²) in [6, 6.07) is 21.2. The summed E-state index contributed by atoms with van der Waals surface area (Å²) in [6.07, 6.45) is 0. The molecule has 0 aliphatic carbocycles. The molecule has 2 aromatic carbocycles. The fraction of sp³-hybridized carbons (Fsp3) is 0.0556. The quantitative estimate of drug-likeness (QED) is 0.666. The summed E-state index contributed by atoms with van der Waals surface area (Å²) in [5.41, 5.74) is 2.58. The first-order chi connectivity index (χ1) is 10.3. The van der Waals surface area contributed by atoms with Crippen LogP contribution in [0.4, 0.5) is 0 Å². The number of hydrogen-bond donors (Lipinski definition) is 0. The van der Waals surface area contributed by atoms with E-state index in [0.717, 1.165) is 16.7 Å². The van der Waals surface area contributed by atoms with Gasteiger partial charge in [0.1, 0.15) is 5.76 Å². The standard InChI is InChI=1S/C18H14O3/c1-20-18(19)17-15(13-8-4-2-5-9-13)12-16(21-17)14-10-6-3-7-11-14/h2-12H,1H3. The zero-order chi connectivity index (χ0) is 14.7. The molecule has 0 fully saturated rings. The van der Waals surface area contributed by atoms with Crippen LogP contribution in [0.1, 0.15) is 10.6 Å². The lowest BCUT2D eigenvalue weighted by Gasteiger charge is -2.00. The van der Waals surface area contributed by atoms with Crippen LogP contribution in [0.25, 0.3) is 22.5 Å². The van der Waals surface area contributed by atoms with E-state index >= 15 is 0 Å². The van der Waals surface area contributed by atoms with Gasteiger partial charge in [-0.3, -0.25) is 0 Å². The van der Waals surface area contributed by atoms with Crippen molar-refractivity contribution in [3.05, 3.63) is 72.5 Å². The van der Waals surface area contributed by atoms with Gasteiger partial charge in [-0.15, -0.1) is 0 Å². The molecule has 0 aliphatic heterocycles. The molecule has 0 spiro atoms. The van der Waals surface area contributed by atoms with Crippen LogP contribution in [-0.4, -0.2) is 13.1 Å². The molecule has 0 saturated carbocycles. The summed E-state index contributed by atoms with van der Waals surface area (Å²) in [5, 5.41) is 0. The molecular weight excluding hydrogens is 264 g/mol. The summed E-state index contributed by atoms with van der Waals surface area (Å²) in [5.74, 6) is 0.397. The molecule has 0 atom stereocenters. The highest BCUT2D eigenvalue weighted by Gasteiger charge is 2.20. The first-order valence-electron chi connectivity index (χ1n) is 6.62. The van der Waals surface area contributed by atoms with Crippen molar-refractivity contribution in [1.82, 2.24) is 0 Å². The summed E-state index contributed by atoms with van der Waals surface area (Å²) >= 11 is 0. The van der Waals surface area contributed by atoms with Gasteiger partial charge in [-0.25, -0.2) is 4.79 Å². The smallest absolute Gasteiger partial charge is 0.374 e. The predicted molar refractivity (Wildman–Crippen MR) is 80.9 cm³/mol. The Hall–Kier alpha value is -2.81. The highest BCUT2D eigenvalue weighted by molar-refractivity contribution is 5.95. The second-order valence-corrected chi connectivity index (χ2v) is 4.58. The van der Waals surface area contributed by atoms with Crippen molar-refractivity contribution < 1.29 is 13.9 Å². The van der Waals surface area contributed by atoms with Gasteiger partial charge in [0.15, 0.2) is 0 Å². The SMILES string of the molecule is COC(=O)c1oc(-c2ccccc2)cc1-c1ccccc1. The second-order valence-electron chi connectivity index (χ2n) is 4.58. The average Bonchev–Trinajstić information content (AvgIpc) is 3.01. The fourth-order valence-electron chi connectivity index (χ4n) is 2.21. The van der Waals surface area contributed by atoms with Gasteiger partial charge in [-0.1, -0.05) is 60.7 Å². The van der Waals surface area contributed by atoms with Crippen molar-refractivity contribution in [1.29, 1.82) is 0 Å². The Labute approximate surface area is 122 Å². The number of carbonyl (C=O) groups is 1. The third kappa shape index (κ3) is 2.58. The highest BCUT2D eigenvalue weighted by atomic mass is 16.5. The fourth-order valence-corrected chi connectivity index (χ4v) is 2.21. The molecule has 0 bridgehead atoms. The van der Waals surface area contributed by atoms with Crippen LogP contribution in [0.15, 0.2) is 71.1 Å². The zero-order valence-corrected chi connectivity index (χ0v) is 11.6. The van der Waals surface area contributed by atoms with E-state index in [2.05, 4.69) is 0 Å². The van der Waals surface area contributed by atoms with Crippen LogP contribution in [-0.2, 0) is 4.74 Å². The van der Waals surface area contributed by atoms with Gasteiger partial charge in [0, 0.05) is 11.1 Å². The molecule has 0 unspecified atom stereocenters. The minimum absolute atomic E-state index is 0.225. The molecule has 0 radical (unpaired) electrons. The number of hydrogen-bond acceptors (Lipinski definition) is 3. The van der Waals surface area contributed by atoms with E-state index in [9.17, 15) is 4.79 Å². The first-order valence-corrected chi connectivity index (χ1v) is 6.62. The van der Waals surface area contributed by atoms with Crippen LogP contribution < -0.4 is 0 Å². The first kappa shape index (κ1) is 13.2. The summed E-state index contributed by atoms with van der Waals surface area (Å²) in [6.45, 7) is 0. The lowest BCUT2D eigenvalue weighted by atomic mass is 10.0. The van der Waals surface area contributed by atoms with Gasteiger partial charge in [0.05, 0.1) is 7.11 Å². The number of benzene rings is 2. The molecule has 3 heteroatoms. The third-order valence-electron chi connectivity index (χ3n) is 3.25. The average molecular weight is 278 g/mol. The van der Waals surface area contributed by atoms with Gasteiger partial charge in [-0.2, -0.15) is 0 Å². The number of carbonyl (C=O) groups excluding carboxylic acids is 1. The zero-order valence-electron chi connectivity index (χ0n) is 11.6. The Morgan fingerprint density at radius 2 is 1.48 bits per heavy atom. The molecule has 104 valence electrons. The number of methoxy groups -OCH3 is 1. The lowest BCUT2D eigenvalue weighted by molar-refractivity contribution is 0.0567. The molecule has 0 N–H and O–H groups in total. The molecule has 0 aliphatic rings. The third-order valence-corrected chi connectivity index (χ3v) is 3.25. The minimum atomic E-state index is -0.476. The van der Waals surface area contributed by atoms with Gasteiger partial charge in [-0.05, 0) is 11.6 Å². The van der Waals surface area contributed by atoms with Crippen molar-refractivity contribution >= 4 is 5.97 Å². The topological polar surface area (TPSA) is 39.4 Å². The Kier molecular flexibility index (Phi) is 3.56. The van der Waals surface area contributed by atoms with Gasteiger partial charge in [0.25, 0.3) is 0 Å². The number of esters is 1. The van der Waals surface area contributed by atoms with Crippen LogP contribution in [0, 0.1) is 0 Å². The molecule has 1 aromatic heterocycles. The second kappa shape index (κ2) is 5.67. The summed E-state index contributed by atoms with van der Waals surface area (Å²) in [7, 11) is 1.35. The van der Waals surface area contributed by atoms with Crippen LogP contribution in [0.5, 0.6) is 0 Å². The number of furan rings is 1. The normalized spacial score (nSPS) is 10.3. The molecular formula is C18H14O3. The maximum atomic E-state index is 11.9. The molecule has 3 rings (SSSR count). The van der Waals surface area contributed by atoms with E-state index in [0.29, 0.717) is 5.76 Å². The molecule has 3 nitrogen and oxygen atoms in total. The summed E-state index contributed by atoms with van der Waals surface area (Å²) < 4.78 is 10.5. The van der Waals surface area contributed by atoms with Crippen LogP contribution in [0.3, 0.4) is 0 Å². The van der Waals surface area contributed by atoms with Crippen molar-refractivity contribution in [3.8, 4) is 22.5 Å². The number of rotatable bonds is 3. The molecule has 21 heavy (non-hydrogen) atoms. The lowest BCUT2D eigenvalue weighted by Crippen LogP contribution is -2.00. The maximum absolute atomic E-state index is 11.9. The van der Waals surface area contributed by atoms with E-state index in [4.69, 9.17) is 9.15 Å². The van der Waals surface area contributed by atoms with Crippen molar-refractivity contribution in [2.24, 2.45) is 0 Å². The number of ether oxygens (including phenoxy) is 1. The van der Waals surface area contributed by atoms with Crippen molar-refractivity contribution in [2.75, 3.05) is 7.11 Å². The highest BCUT2D eigenvalue weighted by Crippen LogP contribution is 2.32. The Bertz CT molecular complexity index is 743. The van der Waals surface area contributed by atoms with Gasteiger partial charge < -0.3 is 9.15 Å². The Balaban J connectivity index is 2.14. The van der Waals surface area contributed by atoms with E-state index in [1.54, 1.807) is 0 Å². The predicted octanol–water partition coefficient (Wildman–Crippen LogP) is 4.40. The van der Waals surface area contributed by atoms with Gasteiger partial charge in [0.2, 0.25) is 5.76 Å². The van der Waals surface area contributed by atoms with Gasteiger partial charge >= 0.3 is 5.97 Å². The van der Waals surface area contributed by atoms with E-state index < -0.39 is 5.97 Å². The minimum Gasteiger partial charge on any atom is -0.463 e. The molecule has 0 saturated heterocycles. The van der Waals surface area contributed by atoms with E-state index in [1.165, 1.54) is 7.11 Å². The van der Waals surface area contributed by atoms with Crippen molar-refractivity contribution in [3.63, 3.8) is 0 Å². The largest absolute Gasteiger partial charge is 0.463 e. The molecule has 0 amide bonds. The molecule has 3 aromatic rings. The van der Waals surface area contributed by atoms with Crippen LogP contribution in [0.2, 0.25) is 0 Å². The monoisotopic (exact) mass is 278 g/mol. The van der Waals surface area contributed by atoms with Crippen molar-refractivity contribution in [2.45, 2.75) is 0 Å². The Morgan fingerprint density at radius 3 is 2.05 bits per heavy atom. The van der Waals surface area contributed by atoms with E-state index in [-0.39, 0.29) is 5.76 Å². The Morgan fingerprint density at radius 1 is 0.905 bits per heavy atom. The van der Waals surface area contributed by atoms with E-state index in [1.807, 2.05) is 66.7 Å². The molecule has 1 heterocycles. The maximum Gasteiger partial charge on any atom is 0.374 e. The van der Waals surface area contributed by atoms with Crippen LogP contribution >= 0.6 is 0 Å². The summed E-state index contributed by atoms with van der Waals surface area (Å²) in [4.78, 5) is 11.9.